The molecular weight excluding hydrogens is 382 g/mol. The normalized spacial score (nSPS) is 11.6. The van der Waals surface area contributed by atoms with Crippen molar-refractivity contribution in [1.82, 2.24) is 4.57 Å². The van der Waals surface area contributed by atoms with E-state index in [1.54, 1.807) is 6.07 Å². The molecule has 2 aromatic carbocycles. The number of carbonyl (C=O) groups excluding carboxylic acids is 2. The first kappa shape index (κ1) is 19.4. The lowest BCUT2D eigenvalue weighted by Gasteiger charge is -2.03. The van der Waals surface area contributed by atoms with E-state index in [1.165, 1.54) is 54.8 Å². The first-order valence-corrected chi connectivity index (χ1v) is 9.31. The van der Waals surface area contributed by atoms with Crippen LogP contribution in [0.25, 0.3) is 10.2 Å². The number of benzene rings is 2. The number of ether oxygens (including phenoxy) is 1. The molecule has 1 heterocycles. The number of aryl methyl sites for hydroxylation is 1. The van der Waals surface area contributed by atoms with Crippen molar-refractivity contribution in [3.63, 3.8) is 0 Å². The van der Waals surface area contributed by atoms with E-state index >= 15 is 0 Å². The van der Waals surface area contributed by atoms with Crippen LogP contribution in [-0.4, -0.2) is 28.5 Å². The van der Waals surface area contributed by atoms with Crippen LogP contribution in [0, 0.1) is 10.1 Å². The lowest BCUT2D eigenvalue weighted by molar-refractivity contribution is -0.384. The Morgan fingerprint density at radius 1 is 1.18 bits per heavy atom. The van der Waals surface area contributed by atoms with Gasteiger partial charge in [-0.25, -0.2) is 4.79 Å². The number of carbonyl (C=O) groups is 2. The van der Waals surface area contributed by atoms with Crippen LogP contribution in [0.1, 0.15) is 34.1 Å². The maximum absolute atomic E-state index is 12.6. The highest BCUT2D eigenvalue weighted by Crippen LogP contribution is 2.23. The van der Waals surface area contributed by atoms with E-state index in [9.17, 15) is 19.7 Å². The minimum absolute atomic E-state index is 0.00586. The van der Waals surface area contributed by atoms with Gasteiger partial charge in [-0.3, -0.25) is 14.9 Å². The molecule has 0 spiro atoms. The standard InChI is InChI=1S/C19H17N3O5S/c1-3-10-21-15-9-8-14(22(25)26)11-16(15)28-19(21)20-17(23)12-4-6-13(7-5-12)18(24)27-2/h4-9,11H,3,10H2,1-2H3. The zero-order valence-electron chi connectivity index (χ0n) is 15.2. The van der Waals surface area contributed by atoms with Crippen LogP contribution in [0.15, 0.2) is 47.5 Å². The van der Waals surface area contributed by atoms with E-state index in [-0.39, 0.29) is 5.69 Å². The van der Waals surface area contributed by atoms with Gasteiger partial charge >= 0.3 is 5.97 Å². The number of fused-ring (bicyclic) bond motifs is 1. The van der Waals surface area contributed by atoms with Crippen LogP contribution in [0.5, 0.6) is 0 Å². The van der Waals surface area contributed by atoms with E-state index in [1.807, 2.05) is 11.5 Å². The summed E-state index contributed by atoms with van der Waals surface area (Å²) in [5.41, 5.74) is 1.46. The second kappa shape index (κ2) is 8.13. The van der Waals surface area contributed by atoms with Gasteiger partial charge < -0.3 is 9.30 Å². The van der Waals surface area contributed by atoms with Crippen molar-refractivity contribution in [1.29, 1.82) is 0 Å². The second-order valence-electron chi connectivity index (χ2n) is 5.93. The lowest BCUT2D eigenvalue weighted by Crippen LogP contribution is -2.16. The van der Waals surface area contributed by atoms with Gasteiger partial charge in [0.2, 0.25) is 0 Å². The van der Waals surface area contributed by atoms with Gasteiger partial charge in [0, 0.05) is 24.2 Å². The van der Waals surface area contributed by atoms with Crippen molar-refractivity contribution < 1.29 is 19.2 Å². The lowest BCUT2D eigenvalue weighted by atomic mass is 10.1. The second-order valence-corrected chi connectivity index (χ2v) is 6.94. The Morgan fingerprint density at radius 3 is 2.46 bits per heavy atom. The molecule has 0 fully saturated rings. The zero-order chi connectivity index (χ0) is 20.3. The Balaban J connectivity index is 2.04. The number of methoxy groups -OCH3 is 1. The number of amides is 1. The van der Waals surface area contributed by atoms with Gasteiger partial charge in [0.05, 0.1) is 27.8 Å². The van der Waals surface area contributed by atoms with E-state index < -0.39 is 16.8 Å². The quantitative estimate of drug-likeness (QED) is 0.371. The highest BCUT2D eigenvalue weighted by molar-refractivity contribution is 7.16. The first-order chi connectivity index (χ1) is 13.4. The summed E-state index contributed by atoms with van der Waals surface area (Å²) in [6, 6.07) is 10.6. The number of thiazole rings is 1. The fraction of sp³-hybridized carbons (Fsp3) is 0.211. The summed E-state index contributed by atoms with van der Waals surface area (Å²) < 4.78 is 7.21. The Bertz CT molecular complexity index is 1130. The molecule has 9 heteroatoms. The summed E-state index contributed by atoms with van der Waals surface area (Å²) in [4.78, 5) is 39.3. The van der Waals surface area contributed by atoms with Crippen LogP contribution >= 0.6 is 11.3 Å². The summed E-state index contributed by atoms with van der Waals surface area (Å²) >= 11 is 1.23. The van der Waals surface area contributed by atoms with Crippen LogP contribution in [0.3, 0.4) is 0 Å². The third-order valence-corrected chi connectivity index (χ3v) is 5.12. The molecule has 0 aliphatic heterocycles. The van der Waals surface area contributed by atoms with Gasteiger partial charge in [0.25, 0.3) is 11.6 Å². The molecule has 8 nitrogen and oxygen atoms in total. The molecule has 1 aromatic heterocycles. The van der Waals surface area contributed by atoms with Gasteiger partial charge in [-0.1, -0.05) is 18.3 Å². The summed E-state index contributed by atoms with van der Waals surface area (Å²) in [5.74, 6) is -0.940. The molecule has 3 rings (SSSR count). The number of hydrogen-bond donors (Lipinski definition) is 0. The van der Waals surface area contributed by atoms with Gasteiger partial charge in [0.15, 0.2) is 4.80 Å². The van der Waals surface area contributed by atoms with E-state index in [0.29, 0.717) is 27.2 Å². The topological polar surface area (TPSA) is 104 Å². The SMILES string of the molecule is CCCn1c(=NC(=O)c2ccc(C(=O)OC)cc2)sc2cc([N+](=O)[O-])ccc21. The minimum atomic E-state index is -0.483. The molecule has 0 N–H and O–H groups in total. The van der Waals surface area contributed by atoms with Gasteiger partial charge in [-0.15, -0.1) is 0 Å². The number of nitro benzene ring substituents is 1. The van der Waals surface area contributed by atoms with Gasteiger partial charge in [-0.2, -0.15) is 4.99 Å². The molecule has 0 aliphatic rings. The number of nitrogens with zero attached hydrogens (tertiary/aromatic N) is 3. The van der Waals surface area contributed by atoms with Crippen molar-refractivity contribution in [3.8, 4) is 0 Å². The van der Waals surface area contributed by atoms with Gasteiger partial charge in [0.1, 0.15) is 0 Å². The van der Waals surface area contributed by atoms with Crippen LogP contribution in [-0.2, 0) is 11.3 Å². The number of hydrogen-bond acceptors (Lipinski definition) is 6. The third kappa shape index (κ3) is 3.84. The number of esters is 1. The fourth-order valence-corrected chi connectivity index (χ4v) is 3.81. The highest BCUT2D eigenvalue weighted by atomic mass is 32.1. The molecule has 0 radical (unpaired) electrons. The van der Waals surface area contributed by atoms with E-state index in [4.69, 9.17) is 0 Å². The van der Waals surface area contributed by atoms with Crippen molar-refractivity contribution >= 4 is 39.1 Å². The highest BCUT2D eigenvalue weighted by Gasteiger charge is 2.13. The van der Waals surface area contributed by atoms with Crippen LogP contribution in [0.2, 0.25) is 0 Å². The first-order valence-electron chi connectivity index (χ1n) is 8.49. The average molecular weight is 399 g/mol. The molecule has 0 bridgehead atoms. The molecule has 0 saturated carbocycles. The summed E-state index contributed by atoms with van der Waals surface area (Å²) in [6.45, 7) is 2.63. The molecule has 3 aromatic rings. The summed E-state index contributed by atoms with van der Waals surface area (Å²) in [5, 5.41) is 11.0. The van der Waals surface area contributed by atoms with Crippen molar-refractivity contribution in [2.75, 3.05) is 7.11 Å². The van der Waals surface area contributed by atoms with Gasteiger partial charge in [-0.05, 0) is 36.8 Å². The molecule has 0 aliphatic carbocycles. The average Bonchev–Trinajstić information content (AvgIpc) is 3.04. The van der Waals surface area contributed by atoms with E-state index in [0.717, 1.165) is 11.9 Å². The largest absolute Gasteiger partial charge is 0.465 e. The number of nitro groups is 1. The predicted octanol–water partition coefficient (Wildman–Crippen LogP) is 3.55. The number of non-ortho nitro benzene ring substituents is 1. The summed E-state index contributed by atoms with van der Waals surface area (Å²) in [6.07, 6.45) is 0.817. The summed E-state index contributed by atoms with van der Waals surface area (Å²) in [7, 11) is 1.29. The fourth-order valence-electron chi connectivity index (χ4n) is 2.72. The minimum Gasteiger partial charge on any atom is -0.465 e. The molecule has 0 saturated heterocycles. The van der Waals surface area contributed by atoms with Crippen LogP contribution in [0.4, 0.5) is 5.69 Å². The van der Waals surface area contributed by atoms with E-state index in [2.05, 4.69) is 9.73 Å². The molecular formula is C19H17N3O5S. The molecule has 28 heavy (non-hydrogen) atoms. The third-order valence-electron chi connectivity index (χ3n) is 4.07. The number of aromatic nitrogens is 1. The molecule has 0 unspecified atom stereocenters. The maximum Gasteiger partial charge on any atom is 0.337 e. The van der Waals surface area contributed by atoms with Crippen LogP contribution < -0.4 is 4.80 Å². The van der Waals surface area contributed by atoms with Crippen molar-refractivity contribution in [3.05, 3.63) is 68.5 Å². The Labute approximate surface area is 163 Å². The zero-order valence-corrected chi connectivity index (χ0v) is 16.1. The Hall–Kier alpha value is -3.33. The smallest absolute Gasteiger partial charge is 0.337 e. The monoisotopic (exact) mass is 399 g/mol. The Morgan fingerprint density at radius 2 is 1.86 bits per heavy atom. The van der Waals surface area contributed by atoms with Crippen molar-refractivity contribution in [2.24, 2.45) is 4.99 Å². The predicted molar refractivity (Wildman–Crippen MR) is 104 cm³/mol. The molecule has 0 atom stereocenters. The number of rotatable bonds is 5. The molecule has 1 amide bonds. The van der Waals surface area contributed by atoms with Crippen molar-refractivity contribution in [2.45, 2.75) is 19.9 Å². The molecule has 144 valence electrons. The Kier molecular flexibility index (Phi) is 5.65. The maximum atomic E-state index is 12.6.